The van der Waals surface area contributed by atoms with Gasteiger partial charge in [-0.1, -0.05) is 96.5 Å². The van der Waals surface area contributed by atoms with E-state index in [0.717, 1.165) is 85.6 Å². The third kappa shape index (κ3) is 9.51. The van der Waals surface area contributed by atoms with Crippen LogP contribution in [-0.2, 0) is 26.2 Å². The molecule has 0 radical (unpaired) electrons. The quantitative estimate of drug-likeness (QED) is 0.157. The number of hydrogen-bond donors (Lipinski definition) is 1. The van der Waals surface area contributed by atoms with Crippen molar-refractivity contribution in [1.82, 2.24) is 29.8 Å². The fourth-order valence-electron chi connectivity index (χ4n) is 9.04. The first-order valence-corrected chi connectivity index (χ1v) is 25.3. The van der Waals surface area contributed by atoms with Crippen molar-refractivity contribution < 1.29 is 16.8 Å². The van der Waals surface area contributed by atoms with E-state index in [4.69, 9.17) is 16.7 Å². The maximum atomic E-state index is 14.2. The van der Waals surface area contributed by atoms with Crippen molar-refractivity contribution >= 4 is 111 Å². The Labute approximate surface area is 413 Å². The van der Waals surface area contributed by atoms with Crippen LogP contribution in [0.5, 0.6) is 0 Å². The number of nitrogens with one attached hydrogen (secondary N) is 1. The largest absolute Gasteiger partial charge is 0.369 e. The highest BCUT2D eigenvalue weighted by molar-refractivity contribution is 7.92. The smallest absolute Gasteiger partial charge is 0.226 e. The van der Waals surface area contributed by atoms with Crippen LogP contribution in [0.2, 0.25) is 5.02 Å². The monoisotopic (exact) mass is 1010 g/mol. The summed E-state index contributed by atoms with van der Waals surface area (Å²) in [6.07, 6.45) is 0. The minimum Gasteiger partial charge on any atom is -0.369 e. The molecule has 0 amide bonds. The van der Waals surface area contributed by atoms with Crippen LogP contribution < -0.4 is 9.80 Å². The highest BCUT2D eigenvalue weighted by Crippen LogP contribution is 2.36. The molecule has 11 rings (SSSR count). The van der Waals surface area contributed by atoms with Crippen molar-refractivity contribution in [2.24, 2.45) is 0 Å². The molecule has 12 nitrogen and oxygen atoms in total. The molecule has 68 heavy (non-hydrogen) atoms. The van der Waals surface area contributed by atoms with Gasteiger partial charge in [0.25, 0.3) is 0 Å². The molecule has 17 heteroatoms. The molecule has 7 aromatic carbocycles. The molecular weight excluding hydrogens is 959 g/mol. The van der Waals surface area contributed by atoms with Gasteiger partial charge in [-0.25, -0.2) is 16.8 Å². The van der Waals surface area contributed by atoms with E-state index in [1.54, 1.807) is 28.9 Å². The Balaban J connectivity index is 0.000000183. The first-order chi connectivity index (χ1) is 31.9. The summed E-state index contributed by atoms with van der Waals surface area (Å²) in [4.78, 5) is 9.76. The van der Waals surface area contributed by atoms with Crippen LogP contribution in [0.3, 0.4) is 0 Å². The summed E-state index contributed by atoms with van der Waals surface area (Å²) in [7, 11) is -3.43. The zero-order chi connectivity index (χ0) is 45.6. The van der Waals surface area contributed by atoms with E-state index in [0.29, 0.717) is 43.5 Å². The van der Waals surface area contributed by atoms with Gasteiger partial charge in [0.15, 0.2) is 10.1 Å². The molecule has 1 N–H and O–H groups in total. The average molecular weight is 1010 g/mol. The van der Waals surface area contributed by atoms with Gasteiger partial charge in [-0.2, -0.15) is 10.2 Å². The molecule has 0 spiro atoms. The van der Waals surface area contributed by atoms with Crippen LogP contribution in [0.15, 0.2) is 165 Å². The molecule has 352 valence electrons. The molecule has 0 unspecified atom stereocenters. The van der Waals surface area contributed by atoms with E-state index in [2.05, 4.69) is 50.0 Å². The topological polar surface area (TPSA) is 128 Å². The van der Waals surface area contributed by atoms with E-state index >= 15 is 0 Å². The van der Waals surface area contributed by atoms with Gasteiger partial charge < -0.3 is 19.6 Å². The average Bonchev–Trinajstić information content (AvgIpc) is 3.94. The van der Waals surface area contributed by atoms with Crippen molar-refractivity contribution in [2.45, 2.75) is 26.4 Å². The molecule has 0 bridgehead atoms. The third-order valence-corrected chi connectivity index (χ3v) is 16.5. The molecule has 4 heterocycles. The minimum atomic E-state index is -3.91. The number of piperazine rings is 2. The number of halogens is 3. The van der Waals surface area contributed by atoms with Gasteiger partial charge in [-0.05, 0) is 91.1 Å². The Hall–Kier alpha value is -5.71. The number of aromatic nitrogens is 4. The van der Waals surface area contributed by atoms with Gasteiger partial charge in [0.2, 0.25) is 19.7 Å². The molecule has 2 aliphatic heterocycles. The van der Waals surface area contributed by atoms with Crippen molar-refractivity contribution in [3.8, 4) is 0 Å². The number of likely N-dealkylation sites (N-methyl/N-ethyl adjacent to an activating group) is 2. The Morgan fingerprint density at radius 3 is 1.65 bits per heavy atom. The molecule has 2 aliphatic rings. The lowest BCUT2D eigenvalue weighted by atomic mass is 10.1. The molecule has 0 aliphatic carbocycles. The van der Waals surface area contributed by atoms with E-state index < -0.39 is 19.7 Å². The van der Waals surface area contributed by atoms with Crippen LogP contribution in [0, 0.1) is 0 Å². The fraction of sp³-hybridized carbons (Fsp3) is 0.216. The van der Waals surface area contributed by atoms with Crippen molar-refractivity contribution in [3.05, 3.63) is 156 Å². The number of aromatic amines is 1. The lowest BCUT2D eigenvalue weighted by Gasteiger charge is -2.34. The van der Waals surface area contributed by atoms with E-state index in [-0.39, 0.29) is 39.8 Å². The summed E-state index contributed by atoms with van der Waals surface area (Å²) in [5.41, 5.74) is 4.42. The Bertz CT molecular complexity index is 3490. The summed E-state index contributed by atoms with van der Waals surface area (Å²) in [6, 6.07) is 45.3. The zero-order valence-corrected chi connectivity index (χ0v) is 41.5. The predicted molar refractivity (Wildman–Crippen MR) is 279 cm³/mol. The summed E-state index contributed by atoms with van der Waals surface area (Å²) in [6.45, 7) is 7.95. The second-order valence-corrected chi connectivity index (χ2v) is 21.2. The number of benzene rings is 7. The van der Waals surface area contributed by atoms with Crippen molar-refractivity contribution in [2.75, 3.05) is 76.3 Å². The highest BCUT2D eigenvalue weighted by Gasteiger charge is 2.29. The molecule has 2 aromatic heterocycles. The van der Waals surface area contributed by atoms with Crippen LogP contribution >= 0.6 is 36.4 Å². The number of sulfone groups is 2. The summed E-state index contributed by atoms with van der Waals surface area (Å²) in [5.74, 6) is 0. The predicted octanol–water partition coefficient (Wildman–Crippen LogP) is 9.62. The maximum Gasteiger partial charge on any atom is 0.226 e. The Kier molecular flexibility index (Phi) is 14.4. The molecule has 9 aromatic rings. The van der Waals surface area contributed by atoms with E-state index in [1.807, 2.05) is 115 Å². The number of H-pyrrole nitrogens is 1. The van der Waals surface area contributed by atoms with Crippen molar-refractivity contribution in [1.29, 1.82) is 0 Å². The van der Waals surface area contributed by atoms with Gasteiger partial charge in [0.1, 0.15) is 0 Å². The fourth-order valence-corrected chi connectivity index (χ4v) is 12.4. The van der Waals surface area contributed by atoms with Crippen LogP contribution in [-0.4, -0.2) is 113 Å². The van der Waals surface area contributed by atoms with Gasteiger partial charge >= 0.3 is 0 Å². The number of anilines is 2. The number of fused-ring (bicyclic) bond motifs is 4. The van der Waals surface area contributed by atoms with Crippen LogP contribution in [0.4, 0.5) is 11.4 Å². The summed E-state index contributed by atoms with van der Waals surface area (Å²) >= 11 is 6.23. The van der Waals surface area contributed by atoms with Gasteiger partial charge in [-0.15, -0.1) is 24.8 Å². The van der Waals surface area contributed by atoms with Crippen LogP contribution in [0.25, 0.3) is 43.4 Å². The highest BCUT2D eigenvalue weighted by atomic mass is 35.5. The molecular formula is C51H51Cl3N8O4S2. The second-order valence-electron chi connectivity index (χ2n) is 17.1. The molecule has 0 atom stereocenters. The minimum absolute atomic E-state index is 0. The molecule has 2 fully saturated rings. The second kappa shape index (κ2) is 20.1. The Morgan fingerprint density at radius 2 is 1.06 bits per heavy atom. The summed E-state index contributed by atoms with van der Waals surface area (Å²) < 4.78 is 57.3. The van der Waals surface area contributed by atoms with Gasteiger partial charge in [0.05, 0.1) is 27.4 Å². The zero-order valence-electron chi connectivity index (χ0n) is 37.5. The number of nitrogens with zero attached hydrogens (tertiary/aromatic N) is 7. The Morgan fingerprint density at radius 1 is 0.544 bits per heavy atom. The first kappa shape index (κ1) is 48.7. The van der Waals surface area contributed by atoms with Gasteiger partial charge in [-0.3, -0.25) is 9.78 Å². The van der Waals surface area contributed by atoms with Gasteiger partial charge in [0, 0.05) is 90.3 Å². The summed E-state index contributed by atoms with van der Waals surface area (Å²) in [5, 5.41) is 17.1. The lowest BCUT2D eigenvalue weighted by Crippen LogP contribution is -2.44. The van der Waals surface area contributed by atoms with Crippen LogP contribution in [0.1, 0.15) is 5.56 Å². The molecule has 0 saturated carbocycles. The third-order valence-electron chi connectivity index (χ3n) is 12.8. The number of hydrogen-bond acceptors (Lipinski definition) is 10. The maximum absolute atomic E-state index is 14.2. The normalized spacial score (nSPS) is 15.0. The van der Waals surface area contributed by atoms with E-state index in [1.165, 1.54) is 0 Å². The van der Waals surface area contributed by atoms with E-state index in [9.17, 15) is 16.8 Å². The van der Waals surface area contributed by atoms with Crippen molar-refractivity contribution in [3.63, 3.8) is 0 Å². The standard InChI is InChI=1S/C29H27ClN4O2S.C22H22N4O2S.2ClH/c1-32-14-16-33(17-15-32)24-12-13-27-26(19-24)29(31-34(27)20-21-6-4-9-23(30)18-21)37(35,36)28-11-5-8-22-7-2-3-10-25(22)28;1-25-11-13-26(14-12-25)17-9-10-20-19(15-17)22(24-23-20)29(27,28)21-8-4-6-16-5-2-3-7-18(16)21;;/h2-13,18-19H,14-17,20H2,1H3;2-10,15H,11-14H2,1H3,(H,23,24);2*1H. The first-order valence-electron chi connectivity index (χ1n) is 22.0. The lowest BCUT2D eigenvalue weighted by molar-refractivity contribution is 0.313. The molecule has 2 saturated heterocycles. The number of rotatable bonds is 8. The SMILES string of the molecule is CN1CCN(c2ccc3c(c2)c(S(=O)(=O)c2cccc4ccccc24)nn3Cc2cccc(Cl)c2)CC1.CN1CCN(c2ccc3n[nH]c(S(=O)(=O)c4cccc5ccccc45)c3c2)CC1.Cl.Cl.